The summed E-state index contributed by atoms with van der Waals surface area (Å²) in [6.45, 7) is 3.06. The van der Waals surface area contributed by atoms with E-state index >= 15 is 0 Å². The lowest BCUT2D eigenvalue weighted by molar-refractivity contribution is -0.130. The molecule has 0 aliphatic rings. The van der Waals surface area contributed by atoms with Gasteiger partial charge in [-0.05, 0) is 27.3 Å². The van der Waals surface area contributed by atoms with E-state index in [-0.39, 0.29) is 17.6 Å². The number of rotatable bonds is 7. The van der Waals surface area contributed by atoms with Gasteiger partial charge in [-0.1, -0.05) is 0 Å². The minimum absolute atomic E-state index is 0.0253. The van der Waals surface area contributed by atoms with Crippen LogP contribution in [0.5, 0.6) is 0 Å². The van der Waals surface area contributed by atoms with Crippen molar-refractivity contribution in [2.24, 2.45) is 0 Å². The number of Topliss-reactive ketones (excluding diaryl/α,β-unsaturated/α-hetero) is 1. The second-order valence-electron chi connectivity index (χ2n) is 4.51. The van der Waals surface area contributed by atoms with Crippen LogP contribution < -0.4 is 10.6 Å². The Morgan fingerprint density at radius 2 is 1.78 bits per heavy atom. The first-order valence-corrected chi connectivity index (χ1v) is 5.97. The number of likely N-dealkylation sites (N-methyl/N-ethyl adjacent to an activating group) is 1. The highest BCUT2D eigenvalue weighted by atomic mass is 16.2. The summed E-state index contributed by atoms with van der Waals surface area (Å²) in [6, 6.07) is -0.964. The molecule has 0 aromatic rings. The summed E-state index contributed by atoms with van der Waals surface area (Å²) in [5.41, 5.74) is 0. The summed E-state index contributed by atoms with van der Waals surface area (Å²) < 4.78 is 0. The van der Waals surface area contributed by atoms with E-state index in [1.54, 1.807) is 28.1 Å². The maximum atomic E-state index is 11.8. The average molecular weight is 257 g/mol. The van der Waals surface area contributed by atoms with Crippen molar-refractivity contribution in [2.75, 3.05) is 21.1 Å². The molecule has 2 N–H and O–H groups in total. The number of hydrogen-bond acceptors (Lipinski definition) is 4. The molecule has 0 radical (unpaired) electrons. The van der Waals surface area contributed by atoms with Crippen LogP contribution in [0.3, 0.4) is 0 Å². The van der Waals surface area contributed by atoms with Crippen LogP contribution in [-0.2, 0) is 14.4 Å². The molecule has 0 aliphatic carbocycles. The summed E-state index contributed by atoms with van der Waals surface area (Å²) in [5, 5.41) is 5.45. The zero-order chi connectivity index (χ0) is 14.3. The molecule has 0 saturated carbocycles. The van der Waals surface area contributed by atoms with E-state index < -0.39 is 12.1 Å². The molecule has 0 saturated heterocycles. The topological polar surface area (TPSA) is 78.5 Å². The zero-order valence-electron chi connectivity index (χ0n) is 11.7. The van der Waals surface area contributed by atoms with Crippen molar-refractivity contribution >= 4 is 17.6 Å². The van der Waals surface area contributed by atoms with E-state index in [4.69, 9.17) is 0 Å². The van der Waals surface area contributed by atoms with Crippen LogP contribution in [0.15, 0.2) is 0 Å². The van der Waals surface area contributed by atoms with E-state index in [0.29, 0.717) is 12.8 Å². The SMILES string of the molecule is CNC(CCC(=O)N(C)C)C(=O)NC(C)C(C)=O. The van der Waals surface area contributed by atoms with Gasteiger partial charge in [-0.2, -0.15) is 0 Å². The fourth-order valence-corrected chi connectivity index (χ4v) is 1.31. The second kappa shape index (κ2) is 7.81. The van der Waals surface area contributed by atoms with Gasteiger partial charge >= 0.3 is 0 Å². The fourth-order valence-electron chi connectivity index (χ4n) is 1.31. The predicted molar refractivity (Wildman–Crippen MR) is 69.1 cm³/mol. The van der Waals surface area contributed by atoms with Crippen molar-refractivity contribution in [3.63, 3.8) is 0 Å². The lowest BCUT2D eigenvalue weighted by Gasteiger charge is -2.19. The van der Waals surface area contributed by atoms with Crippen molar-refractivity contribution in [1.82, 2.24) is 15.5 Å². The Hall–Kier alpha value is -1.43. The Kier molecular flexibility index (Phi) is 7.19. The van der Waals surface area contributed by atoms with Crippen molar-refractivity contribution in [2.45, 2.75) is 38.8 Å². The average Bonchev–Trinajstić information content (AvgIpc) is 2.28. The summed E-state index contributed by atoms with van der Waals surface area (Å²) in [4.78, 5) is 35.8. The van der Waals surface area contributed by atoms with Gasteiger partial charge in [0.05, 0.1) is 12.1 Å². The van der Waals surface area contributed by atoms with E-state index in [2.05, 4.69) is 10.6 Å². The number of ketones is 1. The molecule has 6 nitrogen and oxygen atoms in total. The maximum Gasteiger partial charge on any atom is 0.237 e. The molecule has 2 amide bonds. The highest BCUT2D eigenvalue weighted by Gasteiger charge is 2.20. The summed E-state index contributed by atoms with van der Waals surface area (Å²) in [6.07, 6.45) is 0.699. The first kappa shape index (κ1) is 16.6. The van der Waals surface area contributed by atoms with Gasteiger partial charge < -0.3 is 15.5 Å². The largest absolute Gasteiger partial charge is 0.349 e. The molecule has 104 valence electrons. The molecule has 0 aromatic heterocycles. The van der Waals surface area contributed by atoms with Crippen LogP contribution in [0.4, 0.5) is 0 Å². The van der Waals surface area contributed by atoms with Gasteiger partial charge in [0.25, 0.3) is 0 Å². The zero-order valence-corrected chi connectivity index (χ0v) is 11.7. The molecule has 6 heteroatoms. The number of nitrogens with zero attached hydrogens (tertiary/aromatic N) is 1. The molecule has 0 bridgehead atoms. The van der Waals surface area contributed by atoms with Gasteiger partial charge in [0, 0.05) is 20.5 Å². The van der Waals surface area contributed by atoms with Crippen LogP contribution in [0.2, 0.25) is 0 Å². The van der Waals surface area contributed by atoms with E-state index in [1.807, 2.05) is 0 Å². The van der Waals surface area contributed by atoms with Crippen molar-refractivity contribution in [3.05, 3.63) is 0 Å². The Labute approximate surface area is 108 Å². The first-order chi connectivity index (χ1) is 8.29. The van der Waals surface area contributed by atoms with Gasteiger partial charge in [0.1, 0.15) is 0 Å². The molecule has 0 fully saturated rings. The van der Waals surface area contributed by atoms with Gasteiger partial charge in [-0.25, -0.2) is 0 Å². The summed E-state index contributed by atoms with van der Waals surface area (Å²) >= 11 is 0. The summed E-state index contributed by atoms with van der Waals surface area (Å²) in [5.74, 6) is -0.378. The van der Waals surface area contributed by atoms with Crippen LogP contribution in [0.1, 0.15) is 26.7 Å². The Morgan fingerprint density at radius 3 is 2.17 bits per heavy atom. The number of carbonyl (C=O) groups is 3. The van der Waals surface area contributed by atoms with E-state index in [9.17, 15) is 14.4 Å². The molecule has 18 heavy (non-hydrogen) atoms. The van der Waals surface area contributed by atoms with Crippen LogP contribution in [0, 0.1) is 0 Å². The quantitative estimate of drug-likeness (QED) is 0.647. The van der Waals surface area contributed by atoms with Crippen LogP contribution in [0.25, 0.3) is 0 Å². The highest BCUT2D eigenvalue weighted by molar-refractivity contribution is 5.89. The maximum absolute atomic E-state index is 11.8. The number of hydrogen-bond donors (Lipinski definition) is 2. The lowest BCUT2D eigenvalue weighted by atomic mass is 10.1. The van der Waals surface area contributed by atoms with Crippen LogP contribution in [-0.4, -0.2) is 55.7 Å². The minimum atomic E-state index is -0.502. The van der Waals surface area contributed by atoms with Gasteiger partial charge in [-0.3, -0.25) is 14.4 Å². The van der Waals surface area contributed by atoms with Gasteiger partial charge in [-0.15, -0.1) is 0 Å². The van der Waals surface area contributed by atoms with E-state index in [0.717, 1.165) is 0 Å². The standard InChI is InChI=1S/C12H23N3O3/c1-8(9(2)16)14-12(18)10(13-3)6-7-11(17)15(4)5/h8,10,13H,6-7H2,1-5H3,(H,14,18). The minimum Gasteiger partial charge on any atom is -0.349 e. The molecule has 0 aliphatic heterocycles. The Balaban J connectivity index is 4.28. The molecule has 0 rings (SSSR count). The first-order valence-electron chi connectivity index (χ1n) is 5.97. The molecular formula is C12H23N3O3. The molecule has 0 heterocycles. The summed E-state index contributed by atoms with van der Waals surface area (Å²) in [7, 11) is 5.01. The van der Waals surface area contributed by atoms with Gasteiger partial charge in [0.2, 0.25) is 11.8 Å². The van der Waals surface area contributed by atoms with Crippen molar-refractivity contribution in [1.29, 1.82) is 0 Å². The Bertz CT molecular complexity index is 316. The van der Waals surface area contributed by atoms with Crippen molar-refractivity contribution in [3.8, 4) is 0 Å². The van der Waals surface area contributed by atoms with Crippen LogP contribution >= 0.6 is 0 Å². The normalized spacial score (nSPS) is 13.6. The number of nitrogens with one attached hydrogen (secondary N) is 2. The molecule has 2 atom stereocenters. The molecule has 0 aromatic carbocycles. The molecule has 2 unspecified atom stereocenters. The second-order valence-corrected chi connectivity index (χ2v) is 4.51. The monoisotopic (exact) mass is 257 g/mol. The third kappa shape index (κ3) is 5.77. The highest BCUT2D eigenvalue weighted by Crippen LogP contribution is 2.00. The lowest BCUT2D eigenvalue weighted by Crippen LogP contribution is -2.48. The third-order valence-electron chi connectivity index (χ3n) is 2.78. The third-order valence-corrected chi connectivity index (χ3v) is 2.78. The van der Waals surface area contributed by atoms with Crippen molar-refractivity contribution < 1.29 is 14.4 Å². The predicted octanol–water partition coefficient (Wildman–Crippen LogP) is -0.463. The smallest absolute Gasteiger partial charge is 0.237 e. The molecule has 0 spiro atoms. The number of carbonyl (C=O) groups excluding carboxylic acids is 3. The fraction of sp³-hybridized carbons (Fsp3) is 0.750. The van der Waals surface area contributed by atoms with Gasteiger partial charge in [0.15, 0.2) is 5.78 Å². The molecular weight excluding hydrogens is 234 g/mol. The number of amides is 2. The van der Waals surface area contributed by atoms with E-state index in [1.165, 1.54) is 11.8 Å². The Morgan fingerprint density at radius 1 is 1.22 bits per heavy atom.